The van der Waals surface area contributed by atoms with Gasteiger partial charge in [0.1, 0.15) is 0 Å². The van der Waals surface area contributed by atoms with Gasteiger partial charge >= 0.3 is 0 Å². The Morgan fingerprint density at radius 2 is 2.24 bits per heavy atom. The molecular weight excluding hydrogens is 214 g/mol. The van der Waals surface area contributed by atoms with Crippen LogP contribution in [0.2, 0.25) is 0 Å². The fourth-order valence-corrected chi connectivity index (χ4v) is 2.13. The molecule has 1 amide bonds. The van der Waals surface area contributed by atoms with E-state index in [0.29, 0.717) is 19.5 Å². The number of nitrogens with zero attached hydrogens (tertiary/aromatic N) is 2. The highest BCUT2D eigenvalue weighted by atomic mass is 16.2. The lowest BCUT2D eigenvalue weighted by Gasteiger charge is -2.29. The summed E-state index contributed by atoms with van der Waals surface area (Å²) >= 11 is 0. The molecule has 1 aliphatic heterocycles. The zero-order chi connectivity index (χ0) is 12.3. The van der Waals surface area contributed by atoms with Crippen LogP contribution in [0, 0.1) is 6.92 Å². The minimum Gasteiger partial charge on any atom is -0.330 e. The summed E-state index contributed by atoms with van der Waals surface area (Å²) in [5, 5.41) is 3.88. The monoisotopic (exact) mass is 233 g/mol. The average molecular weight is 233 g/mol. The lowest BCUT2D eigenvalue weighted by atomic mass is 10.2. The number of hydrogen-bond acceptors (Lipinski definition) is 3. The maximum atomic E-state index is 11.8. The SMILES string of the molecule is Cc1cccc(N2CCC(=O)N2CCCN)c1. The van der Waals surface area contributed by atoms with Gasteiger partial charge in [0, 0.05) is 19.5 Å². The van der Waals surface area contributed by atoms with E-state index in [9.17, 15) is 4.79 Å². The summed E-state index contributed by atoms with van der Waals surface area (Å²) in [4.78, 5) is 11.8. The molecule has 1 aromatic rings. The fraction of sp³-hybridized carbons (Fsp3) is 0.462. The summed E-state index contributed by atoms with van der Waals surface area (Å²) in [6.07, 6.45) is 1.44. The van der Waals surface area contributed by atoms with Gasteiger partial charge < -0.3 is 5.73 Å². The van der Waals surface area contributed by atoms with Crippen molar-refractivity contribution in [1.29, 1.82) is 0 Å². The normalized spacial score (nSPS) is 15.8. The first-order valence-corrected chi connectivity index (χ1v) is 6.07. The minimum atomic E-state index is 0.194. The predicted molar refractivity (Wildman–Crippen MR) is 68.5 cm³/mol. The molecule has 0 atom stereocenters. The molecule has 4 heteroatoms. The maximum absolute atomic E-state index is 11.8. The van der Waals surface area contributed by atoms with E-state index in [1.165, 1.54) is 5.56 Å². The Morgan fingerprint density at radius 3 is 2.94 bits per heavy atom. The van der Waals surface area contributed by atoms with Gasteiger partial charge in [-0.05, 0) is 37.6 Å². The predicted octanol–water partition coefficient (Wildman–Crippen LogP) is 1.30. The number of carbonyl (C=O) groups is 1. The van der Waals surface area contributed by atoms with Crippen LogP contribution in [-0.2, 0) is 4.79 Å². The van der Waals surface area contributed by atoms with Crippen molar-refractivity contribution in [2.45, 2.75) is 19.8 Å². The number of benzene rings is 1. The van der Waals surface area contributed by atoms with Crippen molar-refractivity contribution < 1.29 is 4.79 Å². The van der Waals surface area contributed by atoms with E-state index >= 15 is 0 Å². The van der Waals surface area contributed by atoms with Gasteiger partial charge in [-0.15, -0.1) is 0 Å². The van der Waals surface area contributed by atoms with Gasteiger partial charge in [-0.2, -0.15) is 0 Å². The van der Waals surface area contributed by atoms with E-state index in [4.69, 9.17) is 5.73 Å². The van der Waals surface area contributed by atoms with Crippen LogP contribution in [-0.4, -0.2) is 30.6 Å². The second-order valence-electron chi connectivity index (χ2n) is 4.37. The number of anilines is 1. The van der Waals surface area contributed by atoms with E-state index in [2.05, 4.69) is 24.1 Å². The number of rotatable bonds is 4. The van der Waals surface area contributed by atoms with Crippen molar-refractivity contribution in [3.8, 4) is 0 Å². The molecule has 0 bridgehead atoms. The van der Waals surface area contributed by atoms with E-state index in [1.807, 2.05) is 17.1 Å². The number of amides is 1. The van der Waals surface area contributed by atoms with Gasteiger partial charge in [0.15, 0.2) is 0 Å². The van der Waals surface area contributed by atoms with E-state index < -0.39 is 0 Å². The Hall–Kier alpha value is -1.55. The summed E-state index contributed by atoms with van der Waals surface area (Å²) in [7, 11) is 0. The Morgan fingerprint density at radius 1 is 1.41 bits per heavy atom. The van der Waals surface area contributed by atoms with Crippen molar-refractivity contribution in [1.82, 2.24) is 5.01 Å². The number of nitrogens with two attached hydrogens (primary N) is 1. The van der Waals surface area contributed by atoms with Crippen LogP contribution in [0.3, 0.4) is 0 Å². The molecule has 1 aromatic carbocycles. The van der Waals surface area contributed by atoms with Crippen LogP contribution in [0.15, 0.2) is 24.3 Å². The molecule has 17 heavy (non-hydrogen) atoms. The van der Waals surface area contributed by atoms with Crippen molar-refractivity contribution >= 4 is 11.6 Å². The first-order chi connectivity index (χ1) is 8.22. The Bertz CT molecular complexity index is 405. The molecule has 92 valence electrons. The van der Waals surface area contributed by atoms with Crippen molar-refractivity contribution in [3.05, 3.63) is 29.8 Å². The molecule has 1 aliphatic rings. The van der Waals surface area contributed by atoms with Crippen LogP contribution in [0.5, 0.6) is 0 Å². The standard InChI is InChI=1S/C13H19N3O/c1-11-4-2-5-12(10-11)15-9-6-13(17)16(15)8-3-7-14/h2,4-5,10H,3,6-9,14H2,1H3. The van der Waals surface area contributed by atoms with Crippen molar-refractivity contribution in [2.24, 2.45) is 5.73 Å². The Labute approximate surface area is 102 Å². The van der Waals surface area contributed by atoms with Crippen LogP contribution in [0.25, 0.3) is 0 Å². The summed E-state index contributed by atoms with van der Waals surface area (Å²) < 4.78 is 0. The molecule has 0 aliphatic carbocycles. The quantitative estimate of drug-likeness (QED) is 0.852. The topological polar surface area (TPSA) is 49.6 Å². The Kier molecular flexibility index (Phi) is 3.64. The zero-order valence-electron chi connectivity index (χ0n) is 10.2. The van der Waals surface area contributed by atoms with Crippen molar-refractivity contribution in [2.75, 3.05) is 24.6 Å². The smallest absolute Gasteiger partial charge is 0.242 e. The molecule has 0 unspecified atom stereocenters. The molecule has 1 heterocycles. The molecular formula is C13H19N3O. The molecule has 1 saturated heterocycles. The highest BCUT2D eigenvalue weighted by molar-refractivity contribution is 5.81. The number of hydrazine groups is 1. The number of hydrogen-bond donors (Lipinski definition) is 1. The van der Waals surface area contributed by atoms with Gasteiger partial charge in [-0.1, -0.05) is 12.1 Å². The third-order valence-electron chi connectivity index (χ3n) is 2.99. The average Bonchev–Trinajstić information content (AvgIpc) is 2.68. The summed E-state index contributed by atoms with van der Waals surface area (Å²) in [6, 6.07) is 8.23. The number of aryl methyl sites for hydroxylation is 1. The van der Waals surface area contributed by atoms with E-state index in [0.717, 1.165) is 18.7 Å². The lowest BCUT2D eigenvalue weighted by molar-refractivity contribution is -0.128. The van der Waals surface area contributed by atoms with Crippen LogP contribution in [0.4, 0.5) is 5.69 Å². The van der Waals surface area contributed by atoms with Crippen LogP contribution < -0.4 is 10.7 Å². The molecule has 0 radical (unpaired) electrons. The van der Waals surface area contributed by atoms with Gasteiger partial charge in [-0.25, -0.2) is 0 Å². The van der Waals surface area contributed by atoms with Gasteiger partial charge in [0.25, 0.3) is 0 Å². The number of carbonyl (C=O) groups excluding carboxylic acids is 1. The third kappa shape index (κ3) is 2.58. The van der Waals surface area contributed by atoms with Gasteiger partial charge in [0.05, 0.1) is 5.69 Å². The fourth-order valence-electron chi connectivity index (χ4n) is 2.13. The Balaban J connectivity index is 2.16. The molecule has 1 fully saturated rings. The first-order valence-electron chi connectivity index (χ1n) is 6.07. The molecule has 2 rings (SSSR count). The molecule has 4 nitrogen and oxygen atoms in total. The van der Waals surface area contributed by atoms with Gasteiger partial charge in [0.2, 0.25) is 5.91 Å². The molecule has 0 aromatic heterocycles. The molecule has 0 spiro atoms. The summed E-state index contributed by atoms with van der Waals surface area (Å²) in [6.45, 7) is 4.16. The van der Waals surface area contributed by atoms with E-state index in [-0.39, 0.29) is 5.91 Å². The molecule has 0 saturated carbocycles. The van der Waals surface area contributed by atoms with Crippen LogP contribution >= 0.6 is 0 Å². The largest absolute Gasteiger partial charge is 0.330 e. The highest BCUT2D eigenvalue weighted by Crippen LogP contribution is 2.23. The van der Waals surface area contributed by atoms with Crippen molar-refractivity contribution in [3.63, 3.8) is 0 Å². The summed E-state index contributed by atoms with van der Waals surface area (Å²) in [5.41, 5.74) is 7.80. The minimum absolute atomic E-state index is 0.194. The zero-order valence-corrected chi connectivity index (χ0v) is 10.2. The second-order valence-corrected chi connectivity index (χ2v) is 4.37. The lowest BCUT2D eigenvalue weighted by Crippen LogP contribution is -2.40. The second kappa shape index (κ2) is 5.19. The summed E-state index contributed by atoms with van der Waals surface area (Å²) in [5.74, 6) is 0.194. The molecule has 2 N–H and O–H groups in total. The first kappa shape index (κ1) is 11.9. The van der Waals surface area contributed by atoms with Gasteiger partial charge in [-0.3, -0.25) is 14.8 Å². The maximum Gasteiger partial charge on any atom is 0.242 e. The highest BCUT2D eigenvalue weighted by Gasteiger charge is 2.28. The third-order valence-corrected chi connectivity index (χ3v) is 2.99. The van der Waals surface area contributed by atoms with E-state index in [1.54, 1.807) is 0 Å². The van der Waals surface area contributed by atoms with Crippen LogP contribution in [0.1, 0.15) is 18.4 Å².